The number of aromatic hydroxyl groups is 1. The normalized spacial score (nSPS) is 15.2. The summed E-state index contributed by atoms with van der Waals surface area (Å²) in [7, 11) is 0. The lowest BCUT2D eigenvalue weighted by Crippen LogP contribution is -2.42. The number of ketones is 4. The van der Waals surface area contributed by atoms with Gasteiger partial charge in [-0.15, -0.1) is 0 Å². The van der Waals surface area contributed by atoms with Crippen LogP contribution >= 0.6 is 0 Å². The molecule has 6 rings (SSSR count). The van der Waals surface area contributed by atoms with Gasteiger partial charge in [0.1, 0.15) is 23.1 Å². The van der Waals surface area contributed by atoms with E-state index < -0.39 is 11.5 Å². The number of nitrogens with one attached hydrogen (secondary N) is 2. The molecule has 1 aromatic heterocycles. The zero-order chi connectivity index (χ0) is 62.3. The van der Waals surface area contributed by atoms with E-state index in [-0.39, 0.29) is 80.8 Å². The summed E-state index contributed by atoms with van der Waals surface area (Å²) in [6.07, 6.45) is 12.3. The molecule has 2 fully saturated rings. The number of benzene rings is 2. The summed E-state index contributed by atoms with van der Waals surface area (Å²) in [5.74, 6) is 1.23. The molecule has 5 N–H and O–H groups in total. The van der Waals surface area contributed by atoms with Crippen LogP contribution in [0.4, 0.5) is 0 Å². The molecule has 2 unspecified atom stereocenters. The SMILES string of the molecule is CC(C)(C)C(=O)C(N)Cc1ccc(O)cc1.CC(C)(C)C(=O)CCCN1CCCCC1=O.CC(C)(C)NC(=O)CCN1CCCC1=O.CC(C)C(=O)C(C)Cc1cnc[nH]1.Cc1ccc2c(c1)C(=O)N(CCCC(=O)CC(C)(C)C)C2=O. The number of carbonyl (C=O) groups is 9. The molecule has 0 saturated carbocycles. The zero-order valence-electron chi connectivity index (χ0n) is 52.6. The van der Waals surface area contributed by atoms with Crippen molar-refractivity contribution >= 4 is 52.7 Å². The first kappa shape index (κ1) is 71.7. The minimum atomic E-state index is -0.482. The van der Waals surface area contributed by atoms with Gasteiger partial charge >= 0.3 is 0 Å². The number of fused-ring (bicyclic) bond motifs is 1. The van der Waals surface area contributed by atoms with Crippen LogP contribution in [0.3, 0.4) is 0 Å². The Kier molecular flexibility index (Phi) is 28.9. The first-order chi connectivity index (χ1) is 37.9. The van der Waals surface area contributed by atoms with Crippen molar-refractivity contribution in [2.24, 2.45) is 33.8 Å². The molecular weight excluding hydrogens is 1040 g/mol. The van der Waals surface area contributed by atoms with Crippen LogP contribution in [0.2, 0.25) is 0 Å². The topological polar surface area (TPSA) is 250 Å². The Morgan fingerprint density at radius 3 is 1.79 bits per heavy atom. The van der Waals surface area contributed by atoms with Gasteiger partial charge in [0.25, 0.3) is 11.8 Å². The molecule has 3 aromatic rings. The summed E-state index contributed by atoms with van der Waals surface area (Å²) in [5, 5.41) is 12.0. The average molecular weight is 1140 g/mol. The number of amides is 5. The van der Waals surface area contributed by atoms with Crippen LogP contribution in [-0.2, 0) is 46.4 Å². The number of likely N-dealkylation sites (tertiary alicyclic amines) is 2. The molecular formula is C65H101N7O10. The van der Waals surface area contributed by atoms with Crippen molar-refractivity contribution in [3.05, 3.63) is 82.9 Å². The third kappa shape index (κ3) is 27.1. The Morgan fingerprint density at radius 1 is 0.695 bits per heavy atom. The van der Waals surface area contributed by atoms with E-state index in [0.717, 1.165) is 68.6 Å². The van der Waals surface area contributed by atoms with Gasteiger partial charge in [0.2, 0.25) is 17.7 Å². The highest BCUT2D eigenvalue weighted by Crippen LogP contribution is 2.26. The number of aromatic amines is 1. The molecule has 82 heavy (non-hydrogen) atoms. The number of rotatable bonds is 19. The fraction of sp³-hybridized carbons (Fsp3) is 0.631. The van der Waals surface area contributed by atoms with Crippen molar-refractivity contribution in [3.8, 4) is 5.75 Å². The molecule has 2 saturated heterocycles. The van der Waals surface area contributed by atoms with Gasteiger partial charge < -0.3 is 30.9 Å². The fourth-order valence-electron chi connectivity index (χ4n) is 9.21. The highest BCUT2D eigenvalue weighted by molar-refractivity contribution is 6.21. The van der Waals surface area contributed by atoms with E-state index in [2.05, 4.69) is 15.3 Å². The van der Waals surface area contributed by atoms with Crippen molar-refractivity contribution in [1.82, 2.24) is 30.0 Å². The van der Waals surface area contributed by atoms with Gasteiger partial charge in [-0.05, 0) is 108 Å². The van der Waals surface area contributed by atoms with E-state index in [1.807, 2.05) is 122 Å². The Bertz CT molecular complexity index is 2580. The van der Waals surface area contributed by atoms with Crippen LogP contribution in [0.5, 0.6) is 5.75 Å². The summed E-state index contributed by atoms with van der Waals surface area (Å²) in [6, 6.07) is 11.6. The first-order valence-corrected chi connectivity index (χ1v) is 29.4. The molecule has 4 heterocycles. The quantitative estimate of drug-likeness (QED) is 0.0819. The van der Waals surface area contributed by atoms with E-state index in [1.165, 1.54) is 4.90 Å². The van der Waals surface area contributed by atoms with Gasteiger partial charge in [-0.2, -0.15) is 0 Å². The van der Waals surface area contributed by atoms with Crippen LogP contribution in [0.15, 0.2) is 55.0 Å². The number of nitrogens with zero attached hydrogens (tertiary/aromatic N) is 4. The first-order valence-electron chi connectivity index (χ1n) is 29.4. The lowest BCUT2D eigenvalue weighted by molar-refractivity contribution is -0.134. The summed E-state index contributed by atoms with van der Waals surface area (Å²) < 4.78 is 0. The van der Waals surface area contributed by atoms with Gasteiger partial charge in [0.05, 0.1) is 23.5 Å². The van der Waals surface area contributed by atoms with Crippen molar-refractivity contribution < 1.29 is 48.3 Å². The third-order valence-electron chi connectivity index (χ3n) is 13.7. The number of hydrogen-bond donors (Lipinski definition) is 4. The number of aromatic nitrogens is 2. The molecule has 0 spiro atoms. The molecule has 2 atom stereocenters. The molecule has 5 amide bonds. The van der Waals surface area contributed by atoms with Gasteiger partial charge in [-0.25, -0.2) is 4.98 Å². The smallest absolute Gasteiger partial charge is 0.261 e. The Morgan fingerprint density at radius 2 is 1.27 bits per heavy atom. The average Bonchev–Trinajstić information content (AvgIpc) is 4.33. The molecule has 2 aromatic carbocycles. The Balaban J connectivity index is 0.000000354. The largest absolute Gasteiger partial charge is 0.508 e. The predicted octanol–water partition coefficient (Wildman–Crippen LogP) is 10.4. The van der Waals surface area contributed by atoms with Crippen LogP contribution in [0, 0.1) is 35.0 Å². The van der Waals surface area contributed by atoms with Crippen LogP contribution < -0.4 is 11.1 Å². The maximum absolute atomic E-state index is 12.3. The maximum atomic E-state index is 12.3. The number of phenols is 1. The summed E-state index contributed by atoms with van der Waals surface area (Å²) in [6.45, 7) is 34.4. The van der Waals surface area contributed by atoms with Crippen LogP contribution in [-0.4, -0.2) is 127 Å². The number of aryl methyl sites for hydroxylation is 1. The number of hydrogen-bond acceptors (Lipinski definition) is 12. The fourth-order valence-corrected chi connectivity index (χ4v) is 9.21. The summed E-state index contributed by atoms with van der Waals surface area (Å²) in [5.41, 5.74) is 8.90. The molecule has 17 heteroatoms. The number of phenolic OH excluding ortho intramolecular Hbond substituents is 1. The maximum Gasteiger partial charge on any atom is 0.261 e. The van der Waals surface area contributed by atoms with Crippen LogP contribution in [0.25, 0.3) is 0 Å². The second kappa shape index (κ2) is 33.1. The summed E-state index contributed by atoms with van der Waals surface area (Å²) >= 11 is 0. The molecule has 0 aliphatic carbocycles. The lowest BCUT2D eigenvalue weighted by atomic mass is 9.85. The molecule has 3 aliphatic rings. The number of nitrogens with two attached hydrogens (primary N) is 1. The Labute approximate surface area is 490 Å². The van der Waals surface area contributed by atoms with Gasteiger partial charge in [0, 0.05) is 111 Å². The molecule has 17 nitrogen and oxygen atoms in total. The van der Waals surface area contributed by atoms with Gasteiger partial charge in [0.15, 0.2) is 5.78 Å². The number of H-pyrrole nitrogens is 1. The molecule has 456 valence electrons. The lowest BCUT2D eigenvalue weighted by Gasteiger charge is -2.27. The highest BCUT2D eigenvalue weighted by atomic mass is 16.3. The number of piperidine rings is 1. The number of carbonyl (C=O) groups excluding carboxylic acids is 9. The Hall–Kier alpha value is -6.36. The van der Waals surface area contributed by atoms with Crippen molar-refractivity contribution in [2.75, 3.05) is 32.7 Å². The predicted molar refractivity (Wildman–Crippen MR) is 323 cm³/mol. The van der Waals surface area contributed by atoms with E-state index in [4.69, 9.17) is 10.8 Å². The molecule has 0 radical (unpaired) electrons. The molecule has 0 bridgehead atoms. The standard InChI is InChI=1S/C18H23NO3.C13H19NO2.C13H23NO2.C11H20N2O2.C10H16N2O/c1-12-7-8-14-15(10-12)17(22)19(16(14)21)9-5-6-13(20)11-18(2,3)4;1-13(2,3)12(16)11(14)8-9-4-6-10(15)7-5-9;1-13(2,3)11(15)7-6-10-14-9-5-4-8-12(14)16;1-11(2,3)12-9(14)6-8-13-7-4-5-10(13)15;1-7(2)10(13)8(3)4-9-5-11-6-12-9/h7-8,10H,5-6,9,11H2,1-4H3;4-7,11,15H,8,14H2,1-3H3;4-10H2,1-3H3;4-8H2,1-3H3,(H,12,14);5-8H,4H2,1-3H3,(H,11,12). The van der Waals surface area contributed by atoms with Crippen molar-refractivity contribution in [1.29, 1.82) is 0 Å². The van der Waals surface area contributed by atoms with Crippen molar-refractivity contribution in [2.45, 2.75) is 206 Å². The highest BCUT2D eigenvalue weighted by Gasteiger charge is 2.35. The number of imidazole rings is 1. The minimum Gasteiger partial charge on any atom is -0.508 e. The van der Waals surface area contributed by atoms with E-state index in [1.54, 1.807) is 53.8 Å². The third-order valence-corrected chi connectivity index (χ3v) is 13.7. The van der Waals surface area contributed by atoms with E-state index in [9.17, 15) is 43.2 Å². The van der Waals surface area contributed by atoms with Gasteiger partial charge in [-0.3, -0.25) is 48.1 Å². The minimum absolute atomic E-state index is 0.0159. The zero-order valence-corrected chi connectivity index (χ0v) is 52.6. The second-order valence-corrected chi connectivity index (χ2v) is 26.7. The van der Waals surface area contributed by atoms with Gasteiger partial charge in [-0.1, -0.05) is 107 Å². The van der Waals surface area contributed by atoms with Crippen molar-refractivity contribution in [3.63, 3.8) is 0 Å². The number of Topliss-reactive ketones (excluding diaryl/α,β-unsaturated/α-hetero) is 4. The van der Waals surface area contributed by atoms with E-state index >= 15 is 0 Å². The number of imide groups is 1. The summed E-state index contributed by atoms with van der Waals surface area (Å²) in [4.78, 5) is 118. The second-order valence-electron chi connectivity index (χ2n) is 26.7. The van der Waals surface area contributed by atoms with Crippen LogP contribution in [0.1, 0.15) is 212 Å². The monoisotopic (exact) mass is 1140 g/mol. The van der Waals surface area contributed by atoms with E-state index in [0.29, 0.717) is 81.4 Å². The molecule has 3 aliphatic heterocycles.